The molecule has 3 aromatic carbocycles. The zero-order valence-electron chi connectivity index (χ0n) is 22.0. The molecule has 0 spiro atoms. The van der Waals surface area contributed by atoms with E-state index in [1.54, 1.807) is 19.2 Å². The maximum atomic E-state index is 12.4. The van der Waals surface area contributed by atoms with E-state index < -0.39 is 0 Å². The maximum absolute atomic E-state index is 12.4. The topological polar surface area (TPSA) is 65.4 Å². The second kappa shape index (κ2) is 13.7. The lowest BCUT2D eigenvalue weighted by molar-refractivity contribution is -0.120. The van der Waals surface area contributed by atoms with Crippen LogP contribution >= 0.6 is 11.6 Å². The minimum Gasteiger partial charge on any atom is -0.493 e. The highest BCUT2D eigenvalue weighted by Crippen LogP contribution is 2.29. The summed E-state index contributed by atoms with van der Waals surface area (Å²) in [7, 11) is 1.66. The minimum absolute atomic E-state index is 0.0127. The zero-order chi connectivity index (χ0) is 26.7. The fraction of sp³-hybridized carbons (Fsp3) is 0.290. The van der Waals surface area contributed by atoms with Crippen molar-refractivity contribution in [3.8, 4) is 11.5 Å². The molecule has 0 unspecified atom stereocenters. The Morgan fingerprint density at radius 1 is 1.05 bits per heavy atom. The number of fused-ring (bicyclic) bond motifs is 1. The lowest BCUT2D eigenvalue weighted by atomic mass is 10.1. The van der Waals surface area contributed by atoms with Crippen LogP contribution in [0.5, 0.6) is 11.5 Å². The fourth-order valence-electron chi connectivity index (χ4n) is 4.38. The van der Waals surface area contributed by atoms with E-state index in [0.717, 1.165) is 58.9 Å². The first-order valence-corrected chi connectivity index (χ1v) is 13.3. The summed E-state index contributed by atoms with van der Waals surface area (Å²) in [6, 6.07) is 21.5. The molecule has 0 atom stereocenters. The Balaban J connectivity index is 1.30. The number of rotatable bonds is 13. The van der Waals surface area contributed by atoms with Gasteiger partial charge in [0.15, 0.2) is 11.5 Å². The van der Waals surface area contributed by atoms with Gasteiger partial charge in [-0.3, -0.25) is 4.79 Å². The summed E-state index contributed by atoms with van der Waals surface area (Å²) in [5.74, 6) is 2.45. The van der Waals surface area contributed by atoms with E-state index in [1.165, 1.54) is 0 Å². The van der Waals surface area contributed by atoms with Crippen LogP contribution in [0.2, 0.25) is 5.02 Å². The number of hydrogen-bond donors (Lipinski definition) is 1. The van der Waals surface area contributed by atoms with E-state index in [1.807, 2.05) is 67.6 Å². The Hall–Kier alpha value is -3.77. The van der Waals surface area contributed by atoms with Crippen molar-refractivity contribution >= 4 is 34.6 Å². The monoisotopic (exact) mass is 531 g/mol. The van der Waals surface area contributed by atoms with Crippen molar-refractivity contribution < 1.29 is 14.3 Å². The number of methoxy groups -OCH3 is 1. The molecule has 1 heterocycles. The van der Waals surface area contributed by atoms with Crippen molar-refractivity contribution in [2.45, 2.75) is 39.2 Å². The summed E-state index contributed by atoms with van der Waals surface area (Å²) in [6.07, 6.45) is 6.85. The summed E-state index contributed by atoms with van der Waals surface area (Å²) >= 11 is 5.93. The molecule has 38 heavy (non-hydrogen) atoms. The van der Waals surface area contributed by atoms with Crippen molar-refractivity contribution in [2.24, 2.45) is 0 Å². The Labute approximate surface area is 229 Å². The van der Waals surface area contributed by atoms with E-state index in [4.69, 9.17) is 26.1 Å². The quantitative estimate of drug-likeness (QED) is 0.200. The molecule has 0 radical (unpaired) electrons. The summed E-state index contributed by atoms with van der Waals surface area (Å²) < 4.78 is 13.8. The number of para-hydroxylation sites is 2. The van der Waals surface area contributed by atoms with Crippen LogP contribution in [-0.2, 0) is 24.2 Å². The molecule has 4 rings (SSSR count). The molecule has 4 aromatic rings. The van der Waals surface area contributed by atoms with Gasteiger partial charge in [-0.25, -0.2) is 4.98 Å². The number of carbonyl (C=O) groups excluding carboxylic acids is 1. The highest BCUT2D eigenvalue weighted by molar-refractivity contribution is 6.30. The van der Waals surface area contributed by atoms with E-state index in [2.05, 4.69) is 16.0 Å². The Kier molecular flexibility index (Phi) is 9.82. The number of halogens is 1. The third-order valence-corrected chi connectivity index (χ3v) is 6.51. The average Bonchev–Trinajstić information content (AvgIpc) is 3.27. The van der Waals surface area contributed by atoms with Gasteiger partial charge in [0.05, 0.1) is 31.2 Å². The molecule has 6 nitrogen and oxygen atoms in total. The predicted octanol–water partition coefficient (Wildman–Crippen LogP) is 6.49. The van der Waals surface area contributed by atoms with Crippen LogP contribution in [0.3, 0.4) is 0 Å². The standard InChI is InChI=1S/C31H34ClN3O3/c1-3-8-23-13-16-28(29(21-23)37-2)38-20-7-6-19-35-27-10-5-4-9-26(27)34-30(35)17-18-33-31(36)22-24-11-14-25(32)15-12-24/h3-5,8-16,21H,6-7,17-20,22H2,1-2H3,(H,33,36)/b8-3+. The molecule has 0 aliphatic heterocycles. The second-order valence-electron chi connectivity index (χ2n) is 9.04. The van der Waals surface area contributed by atoms with Crippen LogP contribution in [0.25, 0.3) is 17.1 Å². The number of benzene rings is 3. The van der Waals surface area contributed by atoms with Gasteiger partial charge in [-0.2, -0.15) is 0 Å². The number of hydrogen-bond acceptors (Lipinski definition) is 4. The Morgan fingerprint density at radius 3 is 2.66 bits per heavy atom. The molecule has 1 N–H and O–H groups in total. The molecule has 0 aliphatic rings. The van der Waals surface area contributed by atoms with Crippen molar-refractivity contribution in [3.05, 3.63) is 94.8 Å². The van der Waals surface area contributed by atoms with E-state index in [9.17, 15) is 4.79 Å². The van der Waals surface area contributed by atoms with E-state index in [-0.39, 0.29) is 5.91 Å². The smallest absolute Gasteiger partial charge is 0.224 e. The highest BCUT2D eigenvalue weighted by Gasteiger charge is 2.12. The first-order chi connectivity index (χ1) is 18.6. The average molecular weight is 532 g/mol. The second-order valence-corrected chi connectivity index (χ2v) is 9.47. The molecule has 0 aliphatic carbocycles. The first-order valence-electron chi connectivity index (χ1n) is 13.0. The zero-order valence-corrected chi connectivity index (χ0v) is 22.7. The number of nitrogens with one attached hydrogen (secondary N) is 1. The summed E-state index contributed by atoms with van der Waals surface area (Å²) in [5.41, 5.74) is 4.10. The largest absolute Gasteiger partial charge is 0.493 e. The number of amides is 1. The van der Waals surface area contributed by atoms with Gasteiger partial charge in [-0.1, -0.05) is 54.1 Å². The van der Waals surface area contributed by atoms with Gasteiger partial charge in [0.25, 0.3) is 0 Å². The molecule has 0 saturated carbocycles. The molecule has 1 aromatic heterocycles. The fourth-order valence-corrected chi connectivity index (χ4v) is 4.51. The molecule has 1 amide bonds. The molecule has 0 saturated heterocycles. The predicted molar refractivity (Wildman–Crippen MR) is 154 cm³/mol. The Bertz CT molecular complexity index is 1380. The molecule has 0 bridgehead atoms. The number of aryl methyl sites for hydroxylation is 1. The third kappa shape index (κ3) is 7.39. The molecular weight excluding hydrogens is 498 g/mol. The number of imidazole rings is 1. The summed E-state index contributed by atoms with van der Waals surface area (Å²) in [5, 5.41) is 3.69. The first kappa shape index (κ1) is 27.3. The van der Waals surface area contributed by atoms with E-state index in [0.29, 0.717) is 31.0 Å². The molecular formula is C31H34ClN3O3. The van der Waals surface area contributed by atoms with Crippen molar-refractivity contribution in [3.63, 3.8) is 0 Å². The van der Waals surface area contributed by atoms with Gasteiger partial charge in [-0.15, -0.1) is 0 Å². The van der Waals surface area contributed by atoms with Crippen LogP contribution in [0.1, 0.15) is 36.7 Å². The number of allylic oxidation sites excluding steroid dienone is 1. The number of carbonyl (C=O) groups is 1. The Morgan fingerprint density at radius 2 is 1.87 bits per heavy atom. The number of nitrogens with zero attached hydrogens (tertiary/aromatic N) is 2. The van der Waals surface area contributed by atoms with Gasteiger partial charge >= 0.3 is 0 Å². The van der Waals surface area contributed by atoms with Crippen molar-refractivity contribution in [2.75, 3.05) is 20.3 Å². The van der Waals surface area contributed by atoms with Gasteiger partial charge in [-0.05, 0) is 67.3 Å². The number of ether oxygens (including phenoxy) is 2. The maximum Gasteiger partial charge on any atom is 0.224 e. The lowest BCUT2D eigenvalue weighted by Crippen LogP contribution is -2.28. The van der Waals surface area contributed by atoms with Crippen molar-refractivity contribution in [1.29, 1.82) is 0 Å². The third-order valence-electron chi connectivity index (χ3n) is 6.26. The van der Waals surface area contributed by atoms with E-state index >= 15 is 0 Å². The van der Waals surface area contributed by atoms with Crippen LogP contribution in [-0.4, -0.2) is 35.7 Å². The minimum atomic E-state index is -0.0127. The van der Waals surface area contributed by atoms with Gasteiger partial charge < -0.3 is 19.4 Å². The molecule has 198 valence electrons. The number of unbranched alkanes of at least 4 members (excludes halogenated alkanes) is 1. The van der Waals surface area contributed by atoms with Gasteiger partial charge in [0.1, 0.15) is 5.82 Å². The summed E-state index contributed by atoms with van der Waals surface area (Å²) in [4.78, 5) is 17.2. The van der Waals surface area contributed by atoms with Crippen LogP contribution < -0.4 is 14.8 Å². The van der Waals surface area contributed by atoms with Gasteiger partial charge in [0.2, 0.25) is 5.91 Å². The molecule has 7 heteroatoms. The van der Waals surface area contributed by atoms with Gasteiger partial charge in [0, 0.05) is 24.5 Å². The van der Waals surface area contributed by atoms with Crippen molar-refractivity contribution in [1.82, 2.24) is 14.9 Å². The lowest BCUT2D eigenvalue weighted by Gasteiger charge is -2.13. The summed E-state index contributed by atoms with van der Waals surface area (Å²) in [6.45, 7) is 3.95. The number of aromatic nitrogens is 2. The van der Waals surface area contributed by atoms with Crippen LogP contribution in [0, 0.1) is 0 Å². The van der Waals surface area contributed by atoms with Crippen LogP contribution in [0.15, 0.2) is 72.8 Å². The SMILES string of the molecule is C/C=C/c1ccc(OCCCCn2c(CCNC(=O)Cc3ccc(Cl)cc3)nc3ccccc32)c(OC)c1. The van der Waals surface area contributed by atoms with Crippen LogP contribution in [0.4, 0.5) is 0 Å². The molecule has 0 fully saturated rings. The highest BCUT2D eigenvalue weighted by atomic mass is 35.5. The normalized spacial score (nSPS) is 11.2.